The van der Waals surface area contributed by atoms with Crippen LogP contribution in [0.5, 0.6) is 0 Å². The molecular formula is C12H14F3NO2S. The number of hydrogen-bond acceptors (Lipinski definition) is 3. The summed E-state index contributed by atoms with van der Waals surface area (Å²) in [7, 11) is -3.07. The van der Waals surface area contributed by atoms with Gasteiger partial charge in [0.15, 0.2) is 21.5 Å². The van der Waals surface area contributed by atoms with Gasteiger partial charge in [-0.3, -0.25) is 0 Å². The van der Waals surface area contributed by atoms with Gasteiger partial charge >= 0.3 is 0 Å². The zero-order valence-corrected chi connectivity index (χ0v) is 11.2. The molecule has 3 nitrogen and oxygen atoms in total. The molecule has 1 aromatic carbocycles. The largest absolute Gasteiger partial charge is 0.306 e. The first-order chi connectivity index (χ1) is 8.71. The average Bonchev–Trinajstić information content (AvgIpc) is 2.57. The Hall–Kier alpha value is -1.08. The number of nitrogens with one attached hydrogen (secondary N) is 1. The highest BCUT2D eigenvalue weighted by Gasteiger charge is 2.37. The van der Waals surface area contributed by atoms with Crippen molar-refractivity contribution in [3.05, 3.63) is 35.1 Å². The van der Waals surface area contributed by atoms with Crippen molar-refractivity contribution in [2.24, 2.45) is 0 Å². The van der Waals surface area contributed by atoms with Gasteiger partial charge < -0.3 is 5.32 Å². The van der Waals surface area contributed by atoms with Gasteiger partial charge in [0.1, 0.15) is 5.82 Å². The Morgan fingerprint density at radius 1 is 1.21 bits per heavy atom. The van der Waals surface area contributed by atoms with Gasteiger partial charge in [-0.15, -0.1) is 0 Å². The average molecular weight is 293 g/mol. The Bertz CT molecular complexity index is 603. The molecule has 2 rings (SSSR count). The standard InChI is InChI=1S/C12H14F3NO2S/c1-12(2-3-19(17,18)7-12)16-6-8-4-10(14)11(15)5-9(8)13/h4-5,16H,2-3,6-7H2,1H3. The summed E-state index contributed by atoms with van der Waals surface area (Å²) in [5.74, 6) is -3.17. The Labute approximate surface area is 109 Å². The highest BCUT2D eigenvalue weighted by Crippen LogP contribution is 2.24. The molecule has 1 atom stereocenters. The molecule has 19 heavy (non-hydrogen) atoms. The highest BCUT2D eigenvalue weighted by atomic mass is 32.2. The van der Waals surface area contributed by atoms with Crippen molar-refractivity contribution >= 4 is 9.84 Å². The van der Waals surface area contributed by atoms with Crippen LogP contribution >= 0.6 is 0 Å². The second-order valence-electron chi connectivity index (χ2n) is 5.11. The van der Waals surface area contributed by atoms with Gasteiger partial charge in [0.25, 0.3) is 0 Å². The molecular weight excluding hydrogens is 279 g/mol. The molecule has 0 aromatic heterocycles. The maximum absolute atomic E-state index is 13.4. The van der Waals surface area contributed by atoms with Crippen LogP contribution in [0.15, 0.2) is 12.1 Å². The highest BCUT2D eigenvalue weighted by molar-refractivity contribution is 7.91. The second-order valence-corrected chi connectivity index (χ2v) is 7.30. The number of sulfone groups is 1. The lowest BCUT2D eigenvalue weighted by Crippen LogP contribution is -2.43. The maximum Gasteiger partial charge on any atom is 0.161 e. The predicted octanol–water partition coefficient (Wildman–Crippen LogP) is 1.77. The van der Waals surface area contributed by atoms with Gasteiger partial charge in [0.2, 0.25) is 0 Å². The Morgan fingerprint density at radius 2 is 1.84 bits per heavy atom. The molecule has 0 amide bonds. The molecule has 0 aliphatic carbocycles. The summed E-state index contributed by atoms with van der Waals surface area (Å²) in [6.45, 7) is 1.67. The van der Waals surface area contributed by atoms with Crippen LogP contribution in [0.25, 0.3) is 0 Å². The van der Waals surface area contributed by atoms with E-state index in [-0.39, 0.29) is 23.6 Å². The molecule has 0 radical (unpaired) electrons. The monoisotopic (exact) mass is 293 g/mol. The fourth-order valence-corrected chi connectivity index (χ4v) is 4.28. The first-order valence-corrected chi connectivity index (χ1v) is 7.62. The van der Waals surface area contributed by atoms with Gasteiger partial charge in [0.05, 0.1) is 11.5 Å². The van der Waals surface area contributed by atoms with Gasteiger partial charge in [-0.05, 0) is 19.4 Å². The third kappa shape index (κ3) is 3.27. The lowest BCUT2D eigenvalue weighted by Gasteiger charge is -2.24. The maximum atomic E-state index is 13.4. The van der Waals surface area contributed by atoms with E-state index in [2.05, 4.69) is 5.32 Å². The van der Waals surface area contributed by atoms with Crippen LogP contribution in [0.1, 0.15) is 18.9 Å². The summed E-state index contributed by atoms with van der Waals surface area (Å²) in [4.78, 5) is 0. The van der Waals surface area contributed by atoms with Crippen LogP contribution in [0.2, 0.25) is 0 Å². The molecule has 1 saturated heterocycles. The number of rotatable bonds is 3. The normalized spacial score (nSPS) is 25.7. The quantitative estimate of drug-likeness (QED) is 0.864. The van der Waals surface area contributed by atoms with Crippen molar-refractivity contribution in [1.29, 1.82) is 0 Å². The van der Waals surface area contributed by atoms with Gasteiger partial charge in [-0.1, -0.05) is 0 Å². The smallest absolute Gasteiger partial charge is 0.161 e. The van der Waals surface area contributed by atoms with Gasteiger partial charge in [-0.2, -0.15) is 0 Å². The minimum atomic E-state index is -3.07. The van der Waals surface area contributed by atoms with E-state index in [1.807, 2.05) is 0 Å². The van der Waals surface area contributed by atoms with Crippen molar-refractivity contribution in [2.75, 3.05) is 11.5 Å². The fraction of sp³-hybridized carbons (Fsp3) is 0.500. The minimum Gasteiger partial charge on any atom is -0.306 e. The number of benzene rings is 1. The number of hydrogen-bond donors (Lipinski definition) is 1. The lowest BCUT2D eigenvalue weighted by molar-refractivity contribution is 0.389. The molecule has 1 aromatic rings. The molecule has 1 N–H and O–H groups in total. The SMILES string of the molecule is CC1(NCc2cc(F)c(F)cc2F)CCS(=O)(=O)C1. The Morgan fingerprint density at radius 3 is 2.42 bits per heavy atom. The van der Waals surface area contributed by atoms with Crippen molar-refractivity contribution < 1.29 is 21.6 Å². The zero-order valence-electron chi connectivity index (χ0n) is 10.3. The number of halogens is 3. The van der Waals surface area contributed by atoms with E-state index in [4.69, 9.17) is 0 Å². The van der Waals surface area contributed by atoms with Crippen LogP contribution in [-0.2, 0) is 16.4 Å². The van der Waals surface area contributed by atoms with Crippen molar-refractivity contribution in [3.63, 3.8) is 0 Å². The second kappa shape index (κ2) is 4.79. The van der Waals surface area contributed by atoms with Crippen molar-refractivity contribution in [3.8, 4) is 0 Å². The summed E-state index contributed by atoms with van der Waals surface area (Å²) in [6, 6.07) is 1.27. The van der Waals surface area contributed by atoms with E-state index in [0.717, 1.165) is 6.07 Å². The van der Waals surface area contributed by atoms with Crippen molar-refractivity contribution in [1.82, 2.24) is 5.32 Å². The first-order valence-electron chi connectivity index (χ1n) is 5.80. The summed E-state index contributed by atoms with van der Waals surface area (Å²) in [6.07, 6.45) is 0.417. The third-order valence-corrected chi connectivity index (χ3v) is 5.20. The van der Waals surface area contributed by atoms with Crippen LogP contribution in [0, 0.1) is 17.5 Å². The molecule has 1 aliphatic heterocycles. The van der Waals surface area contributed by atoms with Crippen LogP contribution < -0.4 is 5.32 Å². The molecule has 0 spiro atoms. The fourth-order valence-electron chi connectivity index (χ4n) is 2.16. The summed E-state index contributed by atoms with van der Waals surface area (Å²) in [5.41, 5.74) is -0.680. The van der Waals surface area contributed by atoms with E-state index in [1.54, 1.807) is 6.92 Å². The topological polar surface area (TPSA) is 46.2 Å². The minimum absolute atomic E-state index is 0.0237. The summed E-state index contributed by atoms with van der Waals surface area (Å²) < 4.78 is 62.0. The molecule has 1 aliphatic rings. The molecule has 0 saturated carbocycles. The van der Waals surface area contributed by atoms with E-state index < -0.39 is 32.8 Å². The van der Waals surface area contributed by atoms with Crippen molar-refractivity contribution in [2.45, 2.75) is 25.4 Å². The van der Waals surface area contributed by atoms with E-state index >= 15 is 0 Å². The Kier molecular flexibility index (Phi) is 3.61. The molecule has 1 heterocycles. The van der Waals surface area contributed by atoms with Crippen LogP contribution in [0.3, 0.4) is 0 Å². The lowest BCUT2D eigenvalue weighted by atomic mass is 10.0. The molecule has 106 valence electrons. The zero-order chi connectivity index (χ0) is 14.3. The predicted molar refractivity (Wildman–Crippen MR) is 64.8 cm³/mol. The van der Waals surface area contributed by atoms with E-state index in [9.17, 15) is 21.6 Å². The van der Waals surface area contributed by atoms with Gasteiger partial charge in [0, 0.05) is 23.7 Å². The third-order valence-electron chi connectivity index (χ3n) is 3.30. The summed E-state index contributed by atoms with van der Waals surface area (Å²) in [5, 5.41) is 2.91. The van der Waals surface area contributed by atoms with Gasteiger partial charge in [-0.25, -0.2) is 21.6 Å². The summed E-state index contributed by atoms with van der Waals surface area (Å²) >= 11 is 0. The Balaban J connectivity index is 2.10. The molecule has 0 bridgehead atoms. The van der Waals surface area contributed by atoms with Crippen LogP contribution in [0.4, 0.5) is 13.2 Å². The molecule has 1 fully saturated rings. The van der Waals surface area contributed by atoms with E-state index in [0.29, 0.717) is 12.5 Å². The molecule has 7 heteroatoms. The van der Waals surface area contributed by atoms with E-state index in [1.165, 1.54) is 0 Å². The van der Waals surface area contributed by atoms with Crippen LogP contribution in [-0.4, -0.2) is 25.5 Å². The first kappa shape index (κ1) is 14.3. The molecule has 1 unspecified atom stereocenters.